The molecule has 0 bridgehead atoms. The number of hydrogen-bond donors (Lipinski definition) is 1. The van der Waals surface area contributed by atoms with Crippen LogP contribution < -0.4 is 10.3 Å². The molecule has 3 aromatic rings. The van der Waals surface area contributed by atoms with E-state index in [2.05, 4.69) is 5.10 Å². The molecule has 1 N–H and O–H groups in total. The van der Waals surface area contributed by atoms with E-state index in [4.69, 9.17) is 4.74 Å². The Balaban J connectivity index is 2.19. The highest BCUT2D eigenvalue weighted by Gasteiger charge is 2.13. The summed E-state index contributed by atoms with van der Waals surface area (Å²) in [5.41, 5.74) is 4.18. The molecule has 0 aliphatic heterocycles. The fourth-order valence-corrected chi connectivity index (χ4v) is 2.66. The Morgan fingerprint density at radius 2 is 1.68 bits per heavy atom. The average Bonchev–Trinajstić information content (AvgIpc) is 2.64. The monoisotopic (exact) mass is 336 g/mol. The van der Waals surface area contributed by atoms with Crippen LogP contribution in [0.15, 0.2) is 59.4 Å². The largest absolute Gasteiger partial charge is 0.497 e. The minimum Gasteiger partial charge on any atom is -0.497 e. The lowest BCUT2D eigenvalue weighted by Gasteiger charge is -2.13. The van der Waals surface area contributed by atoms with E-state index < -0.39 is 0 Å². The van der Waals surface area contributed by atoms with Crippen molar-refractivity contribution in [2.75, 3.05) is 13.7 Å². The average molecular weight is 336 g/mol. The van der Waals surface area contributed by atoms with Crippen LogP contribution in [0.25, 0.3) is 22.4 Å². The van der Waals surface area contributed by atoms with E-state index in [1.54, 1.807) is 13.2 Å². The van der Waals surface area contributed by atoms with Crippen LogP contribution in [0.4, 0.5) is 0 Å². The van der Waals surface area contributed by atoms with Crippen LogP contribution in [-0.4, -0.2) is 28.6 Å². The molecule has 0 amide bonds. The van der Waals surface area contributed by atoms with Crippen LogP contribution in [0, 0.1) is 6.92 Å². The summed E-state index contributed by atoms with van der Waals surface area (Å²) >= 11 is 0. The molecule has 25 heavy (non-hydrogen) atoms. The number of methoxy groups -OCH3 is 1. The summed E-state index contributed by atoms with van der Waals surface area (Å²) in [7, 11) is 1.62. The van der Waals surface area contributed by atoms with Gasteiger partial charge in [-0.3, -0.25) is 4.79 Å². The SMILES string of the molecule is COc1ccc(-c2cc(=O)n(CCO)nc2-c2ccc(C)cc2)cc1. The van der Waals surface area contributed by atoms with Crippen LogP contribution >= 0.6 is 0 Å². The van der Waals surface area contributed by atoms with E-state index in [9.17, 15) is 9.90 Å². The molecule has 0 saturated heterocycles. The highest BCUT2D eigenvalue weighted by Crippen LogP contribution is 2.30. The van der Waals surface area contributed by atoms with Gasteiger partial charge in [-0.15, -0.1) is 0 Å². The van der Waals surface area contributed by atoms with Gasteiger partial charge in [0.1, 0.15) is 5.75 Å². The third-order valence-electron chi connectivity index (χ3n) is 4.04. The summed E-state index contributed by atoms with van der Waals surface area (Å²) < 4.78 is 6.49. The van der Waals surface area contributed by atoms with E-state index in [1.807, 2.05) is 55.5 Å². The third kappa shape index (κ3) is 3.61. The van der Waals surface area contributed by atoms with Crippen LogP contribution in [0.1, 0.15) is 5.56 Å². The van der Waals surface area contributed by atoms with Crippen molar-refractivity contribution in [3.05, 3.63) is 70.5 Å². The van der Waals surface area contributed by atoms with E-state index >= 15 is 0 Å². The standard InChI is InChI=1S/C20H20N2O3/c1-14-3-5-16(6-4-14)20-18(13-19(24)22(21-20)11-12-23)15-7-9-17(25-2)10-8-15/h3-10,13,23H,11-12H2,1-2H3. The molecular formula is C20H20N2O3. The number of aromatic nitrogens is 2. The Morgan fingerprint density at radius 1 is 1.04 bits per heavy atom. The number of rotatable bonds is 5. The fourth-order valence-electron chi connectivity index (χ4n) is 2.66. The lowest BCUT2D eigenvalue weighted by atomic mass is 9.99. The van der Waals surface area contributed by atoms with Crippen LogP contribution in [0.3, 0.4) is 0 Å². The van der Waals surface area contributed by atoms with E-state index in [-0.39, 0.29) is 18.7 Å². The minimum absolute atomic E-state index is 0.137. The van der Waals surface area contributed by atoms with E-state index in [0.29, 0.717) is 5.69 Å². The van der Waals surface area contributed by atoms with Gasteiger partial charge in [0.15, 0.2) is 0 Å². The Kier molecular flexibility index (Phi) is 4.95. The van der Waals surface area contributed by atoms with Gasteiger partial charge in [-0.1, -0.05) is 42.0 Å². The Hall–Kier alpha value is -2.92. The first-order chi connectivity index (χ1) is 12.1. The Morgan fingerprint density at radius 3 is 2.28 bits per heavy atom. The van der Waals surface area contributed by atoms with Crippen molar-refractivity contribution in [2.24, 2.45) is 0 Å². The topological polar surface area (TPSA) is 64.3 Å². The lowest BCUT2D eigenvalue weighted by Crippen LogP contribution is -2.24. The highest BCUT2D eigenvalue weighted by atomic mass is 16.5. The quantitative estimate of drug-likeness (QED) is 0.778. The van der Waals surface area contributed by atoms with Gasteiger partial charge >= 0.3 is 0 Å². The van der Waals surface area contributed by atoms with Crippen LogP contribution in [-0.2, 0) is 6.54 Å². The van der Waals surface area contributed by atoms with Gasteiger partial charge in [0, 0.05) is 17.2 Å². The lowest BCUT2D eigenvalue weighted by molar-refractivity contribution is 0.266. The maximum absolute atomic E-state index is 12.3. The maximum Gasteiger partial charge on any atom is 0.267 e. The van der Waals surface area contributed by atoms with Gasteiger partial charge in [0.05, 0.1) is 26.0 Å². The van der Waals surface area contributed by atoms with Crippen molar-refractivity contribution in [2.45, 2.75) is 13.5 Å². The summed E-state index contributed by atoms with van der Waals surface area (Å²) in [6.07, 6.45) is 0. The summed E-state index contributed by atoms with van der Waals surface area (Å²) in [6, 6.07) is 17.1. The number of aliphatic hydroxyl groups is 1. The first kappa shape index (κ1) is 16.9. The molecule has 2 aromatic carbocycles. The molecule has 0 saturated carbocycles. The Labute approximate surface area is 146 Å². The van der Waals surface area contributed by atoms with Gasteiger partial charge < -0.3 is 9.84 Å². The summed E-state index contributed by atoms with van der Waals surface area (Å²) in [5, 5.41) is 13.7. The van der Waals surface area contributed by atoms with Crippen molar-refractivity contribution in [3.63, 3.8) is 0 Å². The maximum atomic E-state index is 12.3. The molecule has 0 atom stereocenters. The summed E-state index contributed by atoms with van der Waals surface area (Å²) in [6.45, 7) is 2.05. The zero-order valence-electron chi connectivity index (χ0n) is 14.3. The van der Waals surface area contributed by atoms with Crippen molar-refractivity contribution in [3.8, 4) is 28.1 Å². The molecule has 1 aromatic heterocycles. The van der Waals surface area contributed by atoms with Crippen molar-refractivity contribution < 1.29 is 9.84 Å². The number of hydrogen-bond acceptors (Lipinski definition) is 4. The summed E-state index contributed by atoms with van der Waals surface area (Å²) in [5.74, 6) is 0.752. The molecule has 5 nitrogen and oxygen atoms in total. The molecule has 0 spiro atoms. The van der Waals surface area contributed by atoms with E-state index in [0.717, 1.165) is 28.0 Å². The molecule has 0 unspecified atom stereocenters. The molecule has 0 radical (unpaired) electrons. The second kappa shape index (κ2) is 7.32. The minimum atomic E-state index is -0.240. The predicted octanol–water partition coefficient (Wildman–Crippen LogP) is 2.89. The first-order valence-electron chi connectivity index (χ1n) is 8.07. The molecule has 3 rings (SSSR count). The van der Waals surface area contributed by atoms with Crippen molar-refractivity contribution >= 4 is 0 Å². The first-order valence-corrected chi connectivity index (χ1v) is 8.07. The second-order valence-corrected chi connectivity index (χ2v) is 5.79. The molecule has 5 heteroatoms. The Bertz CT molecular complexity index is 913. The molecule has 0 fully saturated rings. The normalized spacial score (nSPS) is 10.7. The highest BCUT2D eigenvalue weighted by molar-refractivity contribution is 5.80. The molecule has 128 valence electrons. The van der Waals surface area contributed by atoms with Crippen molar-refractivity contribution in [1.29, 1.82) is 0 Å². The third-order valence-corrected chi connectivity index (χ3v) is 4.04. The number of aliphatic hydroxyl groups excluding tert-OH is 1. The van der Waals surface area contributed by atoms with Crippen molar-refractivity contribution in [1.82, 2.24) is 9.78 Å². The molecular weight excluding hydrogens is 316 g/mol. The zero-order chi connectivity index (χ0) is 17.8. The van der Waals surface area contributed by atoms with Gasteiger partial charge in [-0.25, -0.2) is 4.68 Å². The number of nitrogens with zero attached hydrogens (tertiary/aromatic N) is 2. The second-order valence-electron chi connectivity index (χ2n) is 5.79. The summed E-state index contributed by atoms with van der Waals surface area (Å²) in [4.78, 5) is 12.3. The van der Waals surface area contributed by atoms with Gasteiger partial charge in [-0.2, -0.15) is 5.10 Å². The smallest absolute Gasteiger partial charge is 0.267 e. The zero-order valence-corrected chi connectivity index (χ0v) is 14.3. The fraction of sp³-hybridized carbons (Fsp3) is 0.200. The number of benzene rings is 2. The number of ether oxygens (including phenoxy) is 1. The van der Waals surface area contributed by atoms with Gasteiger partial charge in [-0.05, 0) is 24.6 Å². The van der Waals surface area contributed by atoms with Gasteiger partial charge in [0.2, 0.25) is 0 Å². The molecule has 0 aliphatic rings. The number of aryl methyl sites for hydroxylation is 1. The van der Waals surface area contributed by atoms with E-state index in [1.165, 1.54) is 4.68 Å². The van der Waals surface area contributed by atoms with Crippen LogP contribution in [0.2, 0.25) is 0 Å². The van der Waals surface area contributed by atoms with Gasteiger partial charge in [0.25, 0.3) is 5.56 Å². The molecule has 1 heterocycles. The molecule has 0 aliphatic carbocycles. The predicted molar refractivity (Wildman–Crippen MR) is 97.7 cm³/mol. The van der Waals surface area contributed by atoms with Crippen LogP contribution in [0.5, 0.6) is 5.75 Å².